The van der Waals surface area contributed by atoms with Crippen LogP contribution in [0.25, 0.3) is 22.3 Å². The first-order valence-corrected chi connectivity index (χ1v) is 13.4. The van der Waals surface area contributed by atoms with Crippen LogP contribution in [0.1, 0.15) is 54.9 Å². The van der Waals surface area contributed by atoms with E-state index in [4.69, 9.17) is 15.6 Å². The van der Waals surface area contributed by atoms with E-state index in [-0.39, 0.29) is 11.9 Å². The minimum Gasteiger partial charge on any atom is -0.495 e. The van der Waals surface area contributed by atoms with Gasteiger partial charge in [0, 0.05) is 17.2 Å². The lowest BCUT2D eigenvalue weighted by molar-refractivity contribution is 0.102. The van der Waals surface area contributed by atoms with Crippen LogP contribution < -0.4 is 15.8 Å². The van der Waals surface area contributed by atoms with E-state index in [1.165, 1.54) is 45.1 Å². The third kappa shape index (κ3) is 4.58. The number of hydrogen-bond donors (Lipinski definition) is 2. The quantitative estimate of drug-likeness (QED) is 0.378. The molecule has 2 aromatic heterocycles. The van der Waals surface area contributed by atoms with Crippen molar-refractivity contribution < 1.29 is 9.53 Å². The van der Waals surface area contributed by atoms with Crippen LogP contribution in [0.5, 0.6) is 5.75 Å². The highest BCUT2D eigenvalue weighted by molar-refractivity contribution is 6.05. The average molecular weight is 512 g/mol. The predicted molar refractivity (Wildman–Crippen MR) is 148 cm³/mol. The van der Waals surface area contributed by atoms with E-state index in [9.17, 15) is 4.79 Å². The number of fused-ring (bicyclic) bond motifs is 1. The van der Waals surface area contributed by atoms with Gasteiger partial charge in [0.1, 0.15) is 23.6 Å². The van der Waals surface area contributed by atoms with Crippen LogP contribution in [-0.4, -0.2) is 56.8 Å². The van der Waals surface area contributed by atoms with E-state index < -0.39 is 0 Å². The van der Waals surface area contributed by atoms with Gasteiger partial charge in [-0.1, -0.05) is 24.3 Å². The molecule has 1 aliphatic heterocycles. The van der Waals surface area contributed by atoms with Gasteiger partial charge in [0.25, 0.3) is 5.91 Å². The molecular weight excluding hydrogens is 478 g/mol. The van der Waals surface area contributed by atoms with Crippen molar-refractivity contribution in [1.29, 1.82) is 0 Å². The molecule has 0 atom stereocenters. The Hall–Kier alpha value is -3.98. The number of rotatable bonds is 6. The van der Waals surface area contributed by atoms with Crippen LogP contribution >= 0.6 is 0 Å². The summed E-state index contributed by atoms with van der Waals surface area (Å²) < 4.78 is 7.71. The van der Waals surface area contributed by atoms with Gasteiger partial charge in [0.2, 0.25) is 0 Å². The molecule has 1 aliphatic carbocycles. The standard InChI is InChI=1S/C29H33N7O2/c1-38-24-17-20(9-14-23(24)33-29(37)19-7-3-2-4-8-19)26-25-27(30)31-18-32-28(25)36(34-26)22-12-10-21(11-13-22)35-15-5-6-16-35/h2-4,7-9,14,17-18,21-22H,5-6,10-13,15-16H2,1H3,(H,33,37)(H2,30,31,32). The van der Waals surface area contributed by atoms with Gasteiger partial charge in [0.05, 0.1) is 24.2 Å². The Morgan fingerprint density at radius 3 is 2.47 bits per heavy atom. The van der Waals surface area contributed by atoms with Crippen LogP contribution in [0.2, 0.25) is 0 Å². The summed E-state index contributed by atoms with van der Waals surface area (Å²) in [5.41, 5.74) is 9.84. The Bertz CT molecular complexity index is 1440. The predicted octanol–water partition coefficient (Wildman–Crippen LogP) is 4.92. The molecule has 0 spiro atoms. The summed E-state index contributed by atoms with van der Waals surface area (Å²) in [5.74, 6) is 0.743. The molecule has 2 aliphatic rings. The van der Waals surface area contributed by atoms with E-state index in [2.05, 4.69) is 24.9 Å². The molecule has 3 N–H and O–H groups in total. The molecule has 0 unspecified atom stereocenters. The van der Waals surface area contributed by atoms with Gasteiger partial charge in [-0.15, -0.1) is 0 Å². The third-order valence-corrected chi connectivity index (χ3v) is 7.95. The van der Waals surface area contributed by atoms with Crippen LogP contribution in [0, 0.1) is 0 Å². The van der Waals surface area contributed by atoms with Crippen molar-refractivity contribution >= 4 is 28.4 Å². The van der Waals surface area contributed by atoms with Crippen molar-refractivity contribution in [3.63, 3.8) is 0 Å². The van der Waals surface area contributed by atoms with Crippen molar-refractivity contribution in [1.82, 2.24) is 24.6 Å². The van der Waals surface area contributed by atoms with Gasteiger partial charge in [-0.2, -0.15) is 5.10 Å². The van der Waals surface area contributed by atoms with Crippen molar-refractivity contribution in [3.05, 3.63) is 60.4 Å². The molecule has 2 fully saturated rings. The molecule has 1 saturated heterocycles. The molecule has 38 heavy (non-hydrogen) atoms. The highest BCUT2D eigenvalue weighted by atomic mass is 16.5. The fraction of sp³-hybridized carbons (Fsp3) is 0.379. The number of anilines is 2. The Morgan fingerprint density at radius 2 is 1.74 bits per heavy atom. The SMILES string of the molecule is COc1cc(-c2nn(C3CCC(N4CCCC4)CC3)c3ncnc(N)c23)ccc1NC(=O)c1ccccc1. The summed E-state index contributed by atoms with van der Waals surface area (Å²) in [5, 5.41) is 8.75. The number of likely N-dealkylation sites (tertiary alicyclic amines) is 1. The third-order valence-electron chi connectivity index (χ3n) is 7.95. The summed E-state index contributed by atoms with van der Waals surface area (Å²) in [6, 6.07) is 15.7. The molecule has 6 rings (SSSR count). The Kier molecular flexibility index (Phi) is 6.68. The van der Waals surface area contributed by atoms with Gasteiger partial charge in [0.15, 0.2) is 5.65 Å². The summed E-state index contributed by atoms with van der Waals surface area (Å²) in [6.07, 6.45) is 8.63. The smallest absolute Gasteiger partial charge is 0.255 e. The molecule has 196 valence electrons. The minimum absolute atomic E-state index is 0.200. The summed E-state index contributed by atoms with van der Waals surface area (Å²) >= 11 is 0. The largest absolute Gasteiger partial charge is 0.495 e. The van der Waals surface area contributed by atoms with Crippen LogP contribution in [0.15, 0.2) is 54.9 Å². The number of methoxy groups -OCH3 is 1. The number of benzene rings is 2. The molecular formula is C29H33N7O2. The number of nitrogens with two attached hydrogens (primary N) is 1. The van der Waals surface area contributed by atoms with Gasteiger partial charge in [-0.25, -0.2) is 14.6 Å². The lowest BCUT2D eigenvalue weighted by atomic mass is 9.90. The number of nitrogens with one attached hydrogen (secondary N) is 1. The summed E-state index contributed by atoms with van der Waals surface area (Å²) in [6.45, 7) is 2.47. The van der Waals surface area contributed by atoms with Crippen molar-refractivity contribution in [3.8, 4) is 17.0 Å². The maximum Gasteiger partial charge on any atom is 0.255 e. The first-order valence-electron chi connectivity index (χ1n) is 13.4. The van der Waals surface area contributed by atoms with E-state index in [0.29, 0.717) is 28.9 Å². The van der Waals surface area contributed by atoms with Gasteiger partial charge >= 0.3 is 0 Å². The van der Waals surface area contributed by atoms with E-state index in [1.54, 1.807) is 19.2 Å². The van der Waals surface area contributed by atoms with Gasteiger partial charge in [-0.05, 0) is 75.9 Å². The van der Waals surface area contributed by atoms with E-state index in [0.717, 1.165) is 35.1 Å². The summed E-state index contributed by atoms with van der Waals surface area (Å²) in [4.78, 5) is 24.3. The number of amides is 1. The van der Waals surface area contributed by atoms with E-state index in [1.807, 2.05) is 36.4 Å². The average Bonchev–Trinajstić information content (AvgIpc) is 3.63. The monoisotopic (exact) mass is 511 g/mol. The Labute approximate surface area is 222 Å². The molecule has 0 bridgehead atoms. The molecule has 9 heteroatoms. The lowest BCUT2D eigenvalue weighted by Gasteiger charge is -2.34. The number of aromatic nitrogens is 4. The molecule has 1 amide bonds. The highest BCUT2D eigenvalue weighted by Gasteiger charge is 2.30. The molecule has 1 saturated carbocycles. The molecule has 4 aromatic rings. The van der Waals surface area contributed by atoms with Crippen LogP contribution in [-0.2, 0) is 0 Å². The number of carbonyl (C=O) groups is 1. The van der Waals surface area contributed by atoms with Crippen molar-refractivity contribution in [2.24, 2.45) is 0 Å². The lowest BCUT2D eigenvalue weighted by Crippen LogP contribution is -2.36. The normalized spacial score (nSPS) is 20.0. The zero-order chi connectivity index (χ0) is 26.1. The molecule has 0 radical (unpaired) electrons. The van der Waals surface area contributed by atoms with Crippen molar-refractivity contribution in [2.75, 3.05) is 31.2 Å². The van der Waals surface area contributed by atoms with E-state index >= 15 is 0 Å². The van der Waals surface area contributed by atoms with Crippen LogP contribution in [0.3, 0.4) is 0 Å². The number of hydrogen-bond acceptors (Lipinski definition) is 7. The number of nitrogens with zero attached hydrogens (tertiary/aromatic N) is 5. The summed E-state index contributed by atoms with van der Waals surface area (Å²) in [7, 11) is 1.59. The zero-order valence-corrected chi connectivity index (χ0v) is 21.6. The maximum absolute atomic E-state index is 12.7. The maximum atomic E-state index is 12.7. The zero-order valence-electron chi connectivity index (χ0n) is 21.6. The second kappa shape index (κ2) is 10.4. The fourth-order valence-corrected chi connectivity index (χ4v) is 5.95. The number of carbonyl (C=O) groups excluding carboxylic acids is 1. The number of ether oxygens (including phenoxy) is 1. The molecule has 9 nitrogen and oxygen atoms in total. The molecule has 3 heterocycles. The molecule has 2 aromatic carbocycles. The van der Waals surface area contributed by atoms with Crippen molar-refractivity contribution in [2.45, 2.75) is 50.6 Å². The minimum atomic E-state index is -0.200. The highest BCUT2D eigenvalue weighted by Crippen LogP contribution is 2.39. The fourth-order valence-electron chi connectivity index (χ4n) is 5.95. The van der Waals surface area contributed by atoms with Gasteiger partial charge < -0.3 is 20.7 Å². The number of nitrogen functional groups attached to an aromatic ring is 1. The second-order valence-corrected chi connectivity index (χ2v) is 10.2. The van der Waals surface area contributed by atoms with Crippen LogP contribution in [0.4, 0.5) is 11.5 Å². The van der Waals surface area contributed by atoms with Gasteiger partial charge in [-0.3, -0.25) is 4.79 Å². The Morgan fingerprint density at radius 1 is 1.00 bits per heavy atom. The topological polar surface area (TPSA) is 111 Å². The Balaban J connectivity index is 1.30. The first kappa shape index (κ1) is 24.4. The first-order chi connectivity index (χ1) is 18.6. The second-order valence-electron chi connectivity index (χ2n) is 10.2.